The number of aromatic nitrogens is 1. The molecule has 0 saturated carbocycles. The highest BCUT2D eigenvalue weighted by molar-refractivity contribution is 7.99. The van der Waals surface area contributed by atoms with Gasteiger partial charge in [0.05, 0.1) is 17.6 Å². The van der Waals surface area contributed by atoms with Gasteiger partial charge in [-0.3, -0.25) is 10.1 Å². The van der Waals surface area contributed by atoms with E-state index in [4.69, 9.17) is 5.11 Å². The first-order chi connectivity index (χ1) is 9.13. The number of hydrogen-bond acceptors (Lipinski definition) is 6. The van der Waals surface area contributed by atoms with Gasteiger partial charge >= 0.3 is 0 Å². The molecule has 1 unspecified atom stereocenters. The molecule has 0 aliphatic rings. The maximum Gasteiger partial charge on any atom is 0.295 e. The van der Waals surface area contributed by atoms with E-state index in [0.717, 1.165) is 4.90 Å². The van der Waals surface area contributed by atoms with E-state index in [1.165, 1.54) is 24.0 Å². The van der Waals surface area contributed by atoms with Crippen molar-refractivity contribution in [3.63, 3.8) is 0 Å². The van der Waals surface area contributed by atoms with Gasteiger partial charge in [-0.1, -0.05) is 12.1 Å². The van der Waals surface area contributed by atoms with Crippen molar-refractivity contribution in [2.24, 2.45) is 0 Å². The summed E-state index contributed by atoms with van der Waals surface area (Å²) in [7, 11) is 0. The van der Waals surface area contributed by atoms with Crippen molar-refractivity contribution in [2.45, 2.75) is 11.0 Å². The average molecular weight is 280 g/mol. The fourth-order valence-corrected chi connectivity index (χ4v) is 2.60. The van der Waals surface area contributed by atoms with Gasteiger partial charge in [0.1, 0.15) is 5.52 Å². The summed E-state index contributed by atoms with van der Waals surface area (Å²) >= 11 is 1.33. The van der Waals surface area contributed by atoms with Crippen LogP contribution < -0.4 is 0 Å². The van der Waals surface area contributed by atoms with Crippen LogP contribution in [-0.2, 0) is 0 Å². The van der Waals surface area contributed by atoms with Crippen LogP contribution in [0, 0.1) is 10.1 Å². The number of fused-ring (bicyclic) bond motifs is 1. The third-order valence-electron chi connectivity index (χ3n) is 2.55. The highest BCUT2D eigenvalue weighted by Crippen LogP contribution is 2.31. The molecule has 7 heteroatoms. The number of pyridine rings is 1. The van der Waals surface area contributed by atoms with Crippen molar-refractivity contribution in [3.8, 4) is 0 Å². The van der Waals surface area contributed by atoms with Crippen molar-refractivity contribution in [1.82, 2.24) is 4.98 Å². The molecule has 0 aliphatic heterocycles. The Kier molecular flexibility index (Phi) is 4.31. The Morgan fingerprint density at radius 2 is 2.21 bits per heavy atom. The highest BCUT2D eigenvalue weighted by Gasteiger charge is 2.15. The van der Waals surface area contributed by atoms with E-state index in [1.807, 2.05) is 0 Å². The number of thioether (sulfide) groups is 1. The lowest BCUT2D eigenvalue weighted by Gasteiger charge is -2.08. The van der Waals surface area contributed by atoms with Crippen LogP contribution in [0.5, 0.6) is 0 Å². The lowest BCUT2D eigenvalue weighted by molar-refractivity contribution is -0.383. The molecule has 100 valence electrons. The Labute approximate surface area is 113 Å². The molecule has 0 saturated heterocycles. The largest absolute Gasteiger partial charge is 0.394 e. The van der Waals surface area contributed by atoms with Crippen molar-refractivity contribution in [1.29, 1.82) is 0 Å². The summed E-state index contributed by atoms with van der Waals surface area (Å²) < 4.78 is 0. The maximum atomic E-state index is 10.9. The van der Waals surface area contributed by atoms with Gasteiger partial charge < -0.3 is 10.2 Å². The molecule has 0 spiro atoms. The van der Waals surface area contributed by atoms with Crippen LogP contribution in [0.2, 0.25) is 0 Å². The summed E-state index contributed by atoms with van der Waals surface area (Å²) in [5, 5.41) is 29.7. The molecule has 2 N–H and O–H groups in total. The first-order valence-electron chi connectivity index (χ1n) is 5.57. The molecule has 1 atom stereocenters. The molecule has 1 aromatic heterocycles. The minimum absolute atomic E-state index is 0.0392. The number of nitrogens with zero attached hydrogens (tertiary/aromatic N) is 2. The summed E-state index contributed by atoms with van der Waals surface area (Å²) in [5.74, 6) is 0.318. The fourth-order valence-electron chi connectivity index (χ4n) is 1.65. The van der Waals surface area contributed by atoms with Gasteiger partial charge in [0.25, 0.3) is 5.69 Å². The molecule has 1 heterocycles. The third kappa shape index (κ3) is 3.01. The zero-order chi connectivity index (χ0) is 13.8. The molecular formula is C12H12N2O4S. The van der Waals surface area contributed by atoms with E-state index >= 15 is 0 Å². The van der Waals surface area contributed by atoms with E-state index in [-0.39, 0.29) is 12.3 Å². The SMILES string of the molecule is O=[N+]([O-])c1cccc2c(SCC(O)CO)ccnc12. The quantitative estimate of drug-likeness (QED) is 0.490. The van der Waals surface area contributed by atoms with Gasteiger partial charge in [0.15, 0.2) is 0 Å². The molecule has 0 fully saturated rings. The lowest BCUT2D eigenvalue weighted by atomic mass is 10.2. The summed E-state index contributed by atoms with van der Waals surface area (Å²) in [5.41, 5.74) is 0.290. The third-order valence-corrected chi connectivity index (χ3v) is 3.77. The number of benzene rings is 1. The number of para-hydroxylation sites is 1. The molecule has 2 aromatic rings. The number of aliphatic hydroxyl groups excluding tert-OH is 2. The Bertz CT molecular complexity index is 605. The first-order valence-corrected chi connectivity index (χ1v) is 6.56. The zero-order valence-corrected chi connectivity index (χ0v) is 10.7. The molecule has 0 aliphatic carbocycles. The molecule has 0 amide bonds. The van der Waals surface area contributed by atoms with Crippen molar-refractivity contribution >= 4 is 28.4 Å². The van der Waals surface area contributed by atoms with E-state index in [2.05, 4.69) is 4.98 Å². The Balaban J connectivity index is 2.40. The van der Waals surface area contributed by atoms with Crippen LogP contribution in [0.25, 0.3) is 10.9 Å². The van der Waals surface area contributed by atoms with E-state index < -0.39 is 11.0 Å². The zero-order valence-electron chi connectivity index (χ0n) is 9.89. The van der Waals surface area contributed by atoms with Gasteiger partial charge in [-0.05, 0) is 6.07 Å². The number of rotatable bonds is 5. The summed E-state index contributed by atoms with van der Waals surface area (Å²) in [6, 6.07) is 6.50. The van der Waals surface area contributed by atoms with Crippen LogP contribution >= 0.6 is 11.8 Å². The van der Waals surface area contributed by atoms with E-state index in [9.17, 15) is 15.2 Å². The Morgan fingerprint density at radius 3 is 2.89 bits per heavy atom. The number of nitro benzene ring substituents is 1. The fraction of sp³-hybridized carbons (Fsp3) is 0.250. The number of aliphatic hydroxyl groups is 2. The normalized spacial score (nSPS) is 12.5. The van der Waals surface area contributed by atoms with Crippen LogP contribution in [0.15, 0.2) is 35.4 Å². The molecule has 1 aromatic carbocycles. The number of nitro groups is 1. The van der Waals surface area contributed by atoms with Gasteiger partial charge in [-0.15, -0.1) is 11.8 Å². The standard InChI is InChI=1S/C12H12N2O4S/c15-6-8(16)7-19-11-4-5-13-12-9(11)2-1-3-10(12)14(17)18/h1-5,8,15-16H,6-7H2. The van der Waals surface area contributed by atoms with Crippen LogP contribution in [0.4, 0.5) is 5.69 Å². The van der Waals surface area contributed by atoms with E-state index in [0.29, 0.717) is 16.7 Å². The molecule has 0 bridgehead atoms. The summed E-state index contributed by atoms with van der Waals surface area (Å²) in [6.45, 7) is -0.309. The van der Waals surface area contributed by atoms with Gasteiger partial charge in [-0.25, -0.2) is 4.98 Å². The first kappa shape index (κ1) is 13.7. The number of non-ortho nitro benzene ring substituents is 1. The minimum Gasteiger partial charge on any atom is -0.394 e. The van der Waals surface area contributed by atoms with Crippen molar-refractivity contribution < 1.29 is 15.1 Å². The second-order valence-electron chi connectivity index (χ2n) is 3.89. The van der Waals surface area contributed by atoms with Gasteiger partial charge in [0.2, 0.25) is 0 Å². The topological polar surface area (TPSA) is 96.5 Å². The average Bonchev–Trinajstić information content (AvgIpc) is 2.43. The molecule has 19 heavy (non-hydrogen) atoms. The van der Waals surface area contributed by atoms with Crippen molar-refractivity contribution in [2.75, 3.05) is 12.4 Å². The van der Waals surface area contributed by atoms with Gasteiger partial charge in [-0.2, -0.15) is 0 Å². The monoisotopic (exact) mass is 280 g/mol. The Morgan fingerprint density at radius 1 is 1.42 bits per heavy atom. The highest BCUT2D eigenvalue weighted by atomic mass is 32.2. The lowest BCUT2D eigenvalue weighted by Crippen LogP contribution is -2.14. The maximum absolute atomic E-state index is 10.9. The predicted molar refractivity (Wildman–Crippen MR) is 72.2 cm³/mol. The smallest absolute Gasteiger partial charge is 0.295 e. The van der Waals surface area contributed by atoms with Crippen LogP contribution in [-0.4, -0.2) is 38.6 Å². The van der Waals surface area contributed by atoms with Crippen LogP contribution in [0.3, 0.4) is 0 Å². The second-order valence-corrected chi connectivity index (χ2v) is 4.95. The molecular weight excluding hydrogens is 268 g/mol. The Hall–Kier alpha value is -1.70. The predicted octanol–water partition coefficient (Wildman–Crippen LogP) is 1.59. The summed E-state index contributed by atoms with van der Waals surface area (Å²) in [6.07, 6.45) is 0.690. The van der Waals surface area contributed by atoms with Gasteiger partial charge in [0, 0.05) is 28.3 Å². The van der Waals surface area contributed by atoms with E-state index in [1.54, 1.807) is 18.2 Å². The molecule has 6 nitrogen and oxygen atoms in total. The molecule has 0 radical (unpaired) electrons. The minimum atomic E-state index is -0.813. The molecule has 2 rings (SSSR count). The van der Waals surface area contributed by atoms with Crippen molar-refractivity contribution in [3.05, 3.63) is 40.6 Å². The summed E-state index contributed by atoms with van der Waals surface area (Å²) in [4.78, 5) is 15.3. The number of hydrogen-bond donors (Lipinski definition) is 2. The second kappa shape index (κ2) is 5.96. The van der Waals surface area contributed by atoms with Crippen LogP contribution in [0.1, 0.15) is 0 Å².